The highest BCUT2D eigenvalue weighted by atomic mass is 35.5. The molecule has 2 aromatic carbocycles. The average Bonchev–Trinajstić information content (AvgIpc) is 2.71. The van der Waals surface area contributed by atoms with E-state index in [1.54, 1.807) is 24.3 Å². The second-order valence-corrected chi connectivity index (χ2v) is 6.40. The predicted octanol–water partition coefficient (Wildman–Crippen LogP) is 4.46. The fraction of sp³-hybridized carbons (Fsp3) is 0.190. The van der Waals surface area contributed by atoms with Crippen LogP contribution in [0.4, 0.5) is 11.4 Å². The van der Waals surface area contributed by atoms with Gasteiger partial charge in [-0.05, 0) is 36.8 Å². The number of rotatable bonds is 8. The Bertz CT molecular complexity index is 967. The molecule has 0 aliphatic rings. The van der Waals surface area contributed by atoms with Crippen molar-refractivity contribution >= 4 is 34.9 Å². The average molecular weight is 414 g/mol. The molecule has 0 saturated carbocycles. The zero-order valence-corrected chi connectivity index (χ0v) is 16.5. The number of unbranched alkanes of at least 4 members (excludes halogenated alkanes) is 1. The number of nitrogens with zero attached hydrogens (tertiary/aromatic N) is 1. The summed E-state index contributed by atoms with van der Waals surface area (Å²) in [6.07, 6.45) is 2.77. The zero-order chi connectivity index (χ0) is 21.2. The molecular weight excluding hydrogens is 394 g/mol. The van der Waals surface area contributed by atoms with Gasteiger partial charge in [-0.3, -0.25) is 4.79 Å². The summed E-state index contributed by atoms with van der Waals surface area (Å²) in [4.78, 5) is 24.7. The monoisotopic (exact) mass is 413 g/mol. The van der Waals surface area contributed by atoms with Crippen molar-refractivity contribution in [2.24, 2.45) is 0 Å². The lowest BCUT2D eigenvalue weighted by Crippen LogP contribution is -2.18. The predicted molar refractivity (Wildman–Crippen MR) is 111 cm³/mol. The molecule has 0 aromatic heterocycles. The smallest absolute Gasteiger partial charge is 0.340 e. The van der Waals surface area contributed by atoms with E-state index in [1.807, 2.05) is 6.92 Å². The summed E-state index contributed by atoms with van der Waals surface area (Å²) in [6, 6.07) is 12.5. The van der Waals surface area contributed by atoms with Crippen LogP contribution in [0, 0.1) is 11.3 Å². The molecule has 1 amide bonds. The van der Waals surface area contributed by atoms with Gasteiger partial charge in [0, 0.05) is 11.2 Å². The molecule has 0 saturated heterocycles. The van der Waals surface area contributed by atoms with Gasteiger partial charge in [0.05, 0.1) is 23.5 Å². The van der Waals surface area contributed by atoms with Crippen LogP contribution < -0.4 is 10.6 Å². The van der Waals surface area contributed by atoms with Gasteiger partial charge in [0.25, 0.3) is 5.91 Å². The molecular formula is C21H20ClN3O4. The lowest BCUT2D eigenvalue weighted by atomic mass is 10.1. The van der Waals surface area contributed by atoms with E-state index in [1.165, 1.54) is 24.3 Å². The van der Waals surface area contributed by atoms with E-state index in [0.29, 0.717) is 5.02 Å². The third-order valence-corrected chi connectivity index (χ3v) is 4.06. The minimum absolute atomic E-state index is 0.0940. The van der Waals surface area contributed by atoms with Crippen LogP contribution >= 0.6 is 11.6 Å². The van der Waals surface area contributed by atoms with E-state index in [4.69, 9.17) is 16.3 Å². The van der Waals surface area contributed by atoms with Gasteiger partial charge < -0.3 is 20.5 Å². The number of hydrogen-bond acceptors (Lipinski definition) is 6. The molecule has 0 radical (unpaired) electrons. The van der Waals surface area contributed by atoms with E-state index in [9.17, 15) is 20.0 Å². The quantitative estimate of drug-likeness (QED) is 0.194. The number of carbonyl (C=O) groups excluding carboxylic acids is 2. The molecule has 0 spiro atoms. The Kier molecular flexibility index (Phi) is 8.07. The number of nitrogens with one attached hydrogen (secondary N) is 2. The number of hydrogen-bond donors (Lipinski definition) is 3. The first-order valence-electron chi connectivity index (χ1n) is 8.89. The van der Waals surface area contributed by atoms with Crippen LogP contribution in [-0.2, 0) is 9.53 Å². The second kappa shape index (κ2) is 10.7. The van der Waals surface area contributed by atoms with E-state index < -0.39 is 11.9 Å². The van der Waals surface area contributed by atoms with Crippen molar-refractivity contribution in [3.05, 3.63) is 64.8 Å². The van der Waals surface area contributed by atoms with Crippen molar-refractivity contribution in [3.63, 3.8) is 0 Å². The van der Waals surface area contributed by atoms with Crippen LogP contribution in [0.25, 0.3) is 0 Å². The van der Waals surface area contributed by atoms with Crippen molar-refractivity contribution in [3.8, 4) is 11.8 Å². The SMILES string of the molecule is CCCCOC(=O)c1ccccc1NC(=O)/C(C#N)=C\Nc1cc(Cl)ccc1O. The van der Waals surface area contributed by atoms with Crippen LogP contribution in [0.1, 0.15) is 30.1 Å². The fourth-order valence-corrected chi connectivity index (χ4v) is 2.44. The minimum atomic E-state index is -0.727. The number of aromatic hydroxyl groups is 1. The molecule has 8 heteroatoms. The van der Waals surface area contributed by atoms with Crippen molar-refractivity contribution in [1.29, 1.82) is 5.26 Å². The number of amides is 1. The van der Waals surface area contributed by atoms with Gasteiger partial charge in [-0.2, -0.15) is 5.26 Å². The van der Waals surface area contributed by atoms with E-state index in [2.05, 4.69) is 10.6 Å². The number of phenolic OH excluding ortho intramolecular Hbond substituents is 1. The van der Waals surface area contributed by atoms with Gasteiger partial charge in [0.1, 0.15) is 17.4 Å². The summed E-state index contributed by atoms with van der Waals surface area (Å²) in [5.74, 6) is -1.38. The third kappa shape index (κ3) is 6.26. The number of nitriles is 1. The van der Waals surface area contributed by atoms with Gasteiger partial charge in [0.15, 0.2) is 0 Å². The Morgan fingerprint density at radius 2 is 2.00 bits per heavy atom. The highest BCUT2D eigenvalue weighted by Gasteiger charge is 2.16. The third-order valence-electron chi connectivity index (χ3n) is 3.82. The first-order valence-corrected chi connectivity index (χ1v) is 9.27. The maximum atomic E-state index is 12.5. The molecule has 3 N–H and O–H groups in total. The van der Waals surface area contributed by atoms with Crippen LogP contribution in [-0.4, -0.2) is 23.6 Å². The van der Waals surface area contributed by atoms with Crippen molar-refractivity contribution in [1.82, 2.24) is 0 Å². The van der Waals surface area contributed by atoms with Gasteiger partial charge in [-0.15, -0.1) is 0 Å². The highest BCUT2D eigenvalue weighted by molar-refractivity contribution is 6.31. The van der Waals surface area contributed by atoms with Crippen LogP contribution in [0.3, 0.4) is 0 Å². The molecule has 29 heavy (non-hydrogen) atoms. The number of esters is 1. The summed E-state index contributed by atoms with van der Waals surface area (Å²) >= 11 is 5.87. The first-order chi connectivity index (χ1) is 14.0. The number of phenols is 1. The Labute approximate surface area is 173 Å². The number of anilines is 2. The molecule has 7 nitrogen and oxygen atoms in total. The molecule has 0 atom stereocenters. The second-order valence-electron chi connectivity index (χ2n) is 5.96. The van der Waals surface area contributed by atoms with Crippen LogP contribution in [0.2, 0.25) is 5.02 Å². The van der Waals surface area contributed by atoms with Crippen molar-refractivity contribution < 1.29 is 19.4 Å². The molecule has 0 aliphatic carbocycles. The molecule has 0 heterocycles. The summed E-state index contributed by atoms with van der Waals surface area (Å²) in [5.41, 5.74) is 0.386. The Hall–Kier alpha value is -3.50. The number of halogens is 1. The largest absolute Gasteiger partial charge is 0.506 e. The van der Waals surface area contributed by atoms with Crippen LogP contribution in [0.5, 0.6) is 5.75 Å². The van der Waals surface area contributed by atoms with Crippen molar-refractivity contribution in [2.45, 2.75) is 19.8 Å². The van der Waals surface area contributed by atoms with E-state index >= 15 is 0 Å². The van der Waals surface area contributed by atoms with E-state index in [-0.39, 0.29) is 34.9 Å². The summed E-state index contributed by atoms with van der Waals surface area (Å²) in [6.45, 7) is 2.27. The lowest BCUT2D eigenvalue weighted by molar-refractivity contribution is -0.112. The molecule has 0 unspecified atom stereocenters. The maximum absolute atomic E-state index is 12.5. The Morgan fingerprint density at radius 3 is 2.72 bits per heavy atom. The molecule has 0 fully saturated rings. The minimum Gasteiger partial charge on any atom is -0.506 e. The zero-order valence-electron chi connectivity index (χ0n) is 15.7. The Morgan fingerprint density at radius 1 is 1.24 bits per heavy atom. The summed E-state index contributed by atoms with van der Waals surface area (Å²) < 4.78 is 5.18. The lowest BCUT2D eigenvalue weighted by Gasteiger charge is -2.11. The summed E-state index contributed by atoms with van der Waals surface area (Å²) in [7, 11) is 0. The summed E-state index contributed by atoms with van der Waals surface area (Å²) in [5, 5.41) is 24.7. The molecule has 2 aromatic rings. The molecule has 0 bridgehead atoms. The van der Waals surface area contributed by atoms with Gasteiger partial charge >= 0.3 is 5.97 Å². The number of benzene rings is 2. The normalized spacial score (nSPS) is 10.7. The fourth-order valence-electron chi connectivity index (χ4n) is 2.27. The number of ether oxygens (including phenoxy) is 1. The molecule has 2 rings (SSSR count). The van der Waals surface area contributed by atoms with Crippen molar-refractivity contribution in [2.75, 3.05) is 17.2 Å². The highest BCUT2D eigenvalue weighted by Crippen LogP contribution is 2.26. The Balaban J connectivity index is 2.14. The molecule has 0 aliphatic heterocycles. The van der Waals surface area contributed by atoms with E-state index in [0.717, 1.165) is 19.0 Å². The standard InChI is InChI=1S/C21H20ClN3O4/c1-2-3-10-29-21(28)16-6-4-5-7-17(16)25-20(27)14(12-23)13-24-18-11-15(22)8-9-19(18)26/h4-9,11,13,24,26H,2-3,10H2,1H3,(H,25,27)/b14-13-. The maximum Gasteiger partial charge on any atom is 0.340 e. The van der Waals surface area contributed by atoms with Gasteiger partial charge in [0.2, 0.25) is 0 Å². The van der Waals surface area contributed by atoms with Crippen LogP contribution in [0.15, 0.2) is 54.2 Å². The topological polar surface area (TPSA) is 111 Å². The molecule has 150 valence electrons. The number of para-hydroxylation sites is 1. The first kappa shape index (κ1) is 21.8. The van der Waals surface area contributed by atoms with Gasteiger partial charge in [-0.1, -0.05) is 37.1 Å². The number of carbonyl (C=O) groups is 2. The van der Waals surface area contributed by atoms with Gasteiger partial charge in [-0.25, -0.2) is 4.79 Å².